The van der Waals surface area contributed by atoms with E-state index in [-0.39, 0.29) is 0 Å². The van der Waals surface area contributed by atoms with Gasteiger partial charge in [-0.3, -0.25) is 4.79 Å². The van der Waals surface area contributed by atoms with Gasteiger partial charge in [0.25, 0.3) is 0 Å². The van der Waals surface area contributed by atoms with Crippen molar-refractivity contribution < 1.29 is 4.79 Å². The highest BCUT2D eigenvalue weighted by atomic mass is 16.1. The van der Waals surface area contributed by atoms with Gasteiger partial charge in [0.2, 0.25) is 0 Å². The molecule has 17 heavy (non-hydrogen) atoms. The van der Waals surface area contributed by atoms with Gasteiger partial charge in [-0.2, -0.15) is 0 Å². The van der Waals surface area contributed by atoms with Crippen LogP contribution in [0.3, 0.4) is 0 Å². The van der Waals surface area contributed by atoms with E-state index in [1.807, 2.05) is 0 Å². The molecule has 1 saturated carbocycles. The van der Waals surface area contributed by atoms with E-state index in [4.69, 9.17) is 0 Å². The fourth-order valence-corrected chi connectivity index (χ4v) is 2.63. The summed E-state index contributed by atoms with van der Waals surface area (Å²) in [5.41, 5.74) is 1.62. The quantitative estimate of drug-likeness (QED) is 0.565. The molecule has 1 fully saturated rings. The van der Waals surface area contributed by atoms with Crippen LogP contribution in [0.15, 0.2) is 11.6 Å². The topological polar surface area (TPSA) is 17.1 Å². The predicted molar refractivity (Wildman–Crippen MR) is 74.1 cm³/mol. The highest BCUT2D eigenvalue weighted by Crippen LogP contribution is 2.26. The van der Waals surface area contributed by atoms with E-state index in [1.165, 1.54) is 44.9 Å². The van der Waals surface area contributed by atoms with Crippen molar-refractivity contribution in [1.82, 2.24) is 0 Å². The molecule has 1 aliphatic rings. The first-order valence-electron chi connectivity index (χ1n) is 7.47. The Morgan fingerprint density at radius 3 is 2.41 bits per heavy atom. The molecule has 98 valence electrons. The van der Waals surface area contributed by atoms with Crippen LogP contribution in [0.1, 0.15) is 78.1 Å². The first-order valence-corrected chi connectivity index (χ1v) is 7.47. The Kier molecular flexibility index (Phi) is 7.23. The van der Waals surface area contributed by atoms with E-state index < -0.39 is 0 Å². The van der Waals surface area contributed by atoms with E-state index in [0.29, 0.717) is 11.7 Å². The van der Waals surface area contributed by atoms with E-state index in [2.05, 4.69) is 19.9 Å². The zero-order valence-electron chi connectivity index (χ0n) is 11.6. The minimum atomic E-state index is 0.475. The van der Waals surface area contributed by atoms with Crippen molar-refractivity contribution in [3.63, 3.8) is 0 Å². The molecule has 1 unspecified atom stereocenters. The van der Waals surface area contributed by atoms with E-state index >= 15 is 0 Å². The second kappa shape index (κ2) is 8.49. The molecule has 1 atom stereocenters. The molecule has 0 aromatic carbocycles. The summed E-state index contributed by atoms with van der Waals surface area (Å²) >= 11 is 0. The summed E-state index contributed by atoms with van der Waals surface area (Å²) in [5.74, 6) is 1.03. The van der Waals surface area contributed by atoms with Crippen molar-refractivity contribution in [2.45, 2.75) is 78.1 Å². The summed E-state index contributed by atoms with van der Waals surface area (Å²) in [6.07, 6.45) is 14.1. The molecule has 0 N–H and O–H groups in total. The maximum Gasteiger partial charge on any atom is 0.133 e. The molecule has 0 aromatic heterocycles. The molecule has 0 heterocycles. The van der Waals surface area contributed by atoms with Gasteiger partial charge in [-0.25, -0.2) is 0 Å². The van der Waals surface area contributed by atoms with Gasteiger partial charge in [-0.1, -0.05) is 38.3 Å². The van der Waals surface area contributed by atoms with Gasteiger partial charge in [0.15, 0.2) is 0 Å². The highest BCUT2D eigenvalue weighted by molar-refractivity contribution is 5.79. The number of hydrogen-bond acceptors (Lipinski definition) is 1. The number of carbonyl (C=O) groups excluding carboxylic acids is 1. The summed E-state index contributed by atoms with van der Waals surface area (Å²) in [5, 5.41) is 0. The first-order chi connectivity index (χ1) is 8.26. The largest absolute Gasteiger partial charge is 0.300 e. The van der Waals surface area contributed by atoms with Crippen LogP contribution >= 0.6 is 0 Å². The van der Waals surface area contributed by atoms with E-state index in [1.54, 1.807) is 5.57 Å². The Balaban J connectivity index is 2.49. The molecule has 0 radical (unpaired) electrons. The average molecular weight is 236 g/mol. The Bertz CT molecular complexity index is 242. The second-order valence-corrected chi connectivity index (χ2v) is 5.43. The fourth-order valence-electron chi connectivity index (χ4n) is 2.63. The lowest BCUT2D eigenvalue weighted by atomic mass is 9.85. The molecule has 1 heteroatoms. The monoisotopic (exact) mass is 236 g/mol. The van der Waals surface area contributed by atoms with Crippen LogP contribution in [-0.2, 0) is 4.79 Å². The molecule has 1 rings (SSSR count). The third-order valence-electron chi connectivity index (χ3n) is 3.69. The Labute approximate surface area is 107 Å². The van der Waals surface area contributed by atoms with Gasteiger partial charge < -0.3 is 0 Å². The van der Waals surface area contributed by atoms with Crippen LogP contribution in [0.4, 0.5) is 0 Å². The molecule has 0 spiro atoms. The van der Waals surface area contributed by atoms with Gasteiger partial charge in [0, 0.05) is 12.8 Å². The lowest BCUT2D eigenvalue weighted by Gasteiger charge is -2.19. The molecular weight excluding hydrogens is 208 g/mol. The summed E-state index contributed by atoms with van der Waals surface area (Å²) < 4.78 is 0. The molecular formula is C16H28O. The van der Waals surface area contributed by atoms with Crippen LogP contribution in [-0.4, -0.2) is 5.78 Å². The smallest absolute Gasteiger partial charge is 0.133 e. The summed E-state index contributed by atoms with van der Waals surface area (Å²) in [7, 11) is 0. The molecule has 1 nitrogen and oxygen atoms in total. The third-order valence-corrected chi connectivity index (χ3v) is 3.69. The SMILES string of the molecule is CCCCC(=CC1CCCC(=O)C1)CCCC. The van der Waals surface area contributed by atoms with Crippen molar-refractivity contribution in [3.05, 3.63) is 11.6 Å². The molecule has 0 aliphatic heterocycles. The second-order valence-electron chi connectivity index (χ2n) is 5.43. The fraction of sp³-hybridized carbons (Fsp3) is 0.812. The number of Topliss-reactive ketones (excluding diaryl/α,β-unsaturated/α-hetero) is 1. The average Bonchev–Trinajstić information content (AvgIpc) is 2.32. The van der Waals surface area contributed by atoms with Crippen molar-refractivity contribution in [1.29, 1.82) is 0 Å². The van der Waals surface area contributed by atoms with Gasteiger partial charge in [-0.15, -0.1) is 0 Å². The van der Waals surface area contributed by atoms with Crippen molar-refractivity contribution in [2.75, 3.05) is 0 Å². The minimum absolute atomic E-state index is 0.475. The predicted octanol–water partition coefficient (Wildman–Crippen LogP) is 5.05. The molecule has 0 aromatic rings. The van der Waals surface area contributed by atoms with Crippen LogP contribution in [0.2, 0.25) is 0 Å². The Morgan fingerprint density at radius 2 is 1.88 bits per heavy atom. The summed E-state index contributed by atoms with van der Waals surface area (Å²) in [6.45, 7) is 4.50. The highest BCUT2D eigenvalue weighted by Gasteiger charge is 2.17. The number of allylic oxidation sites excluding steroid dienone is 2. The maximum atomic E-state index is 11.5. The molecule has 0 amide bonds. The van der Waals surface area contributed by atoms with Crippen molar-refractivity contribution in [3.8, 4) is 0 Å². The maximum absolute atomic E-state index is 11.5. The summed E-state index contributed by atoms with van der Waals surface area (Å²) in [4.78, 5) is 11.5. The number of rotatable bonds is 7. The number of hydrogen-bond donors (Lipinski definition) is 0. The third kappa shape index (κ3) is 6.05. The summed E-state index contributed by atoms with van der Waals surface area (Å²) in [6, 6.07) is 0. The van der Waals surface area contributed by atoms with Gasteiger partial charge >= 0.3 is 0 Å². The van der Waals surface area contributed by atoms with E-state index in [0.717, 1.165) is 19.3 Å². The zero-order valence-corrected chi connectivity index (χ0v) is 11.6. The van der Waals surface area contributed by atoms with Crippen LogP contribution in [0, 0.1) is 5.92 Å². The van der Waals surface area contributed by atoms with Gasteiger partial charge in [0.1, 0.15) is 5.78 Å². The number of carbonyl (C=O) groups is 1. The number of ketones is 1. The first kappa shape index (κ1) is 14.5. The number of unbranched alkanes of at least 4 members (excludes halogenated alkanes) is 2. The van der Waals surface area contributed by atoms with E-state index in [9.17, 15) is 4.79 Å². The lowest BCUT2D eigenvalue weighted by molar-refractivity contribution is -0.121. The van der Waals surface area contributed by atoms with Crippen LogP contribution in [0.5, 0.6) is 0 Å². The van der Waals surface area contributed by atoms with Crippen molar-refractivity contribution in [2.24, 2.45) is 5.92 Å². The molecule has 0 saturated heterocycles. The van der Waals surface area contributed by atoms with Crippen molar-refractivity contribution >= 4 is 5.78 Å². The minimum Gasteiger partial charge on any atom is -0.300 e. The lowest BCUT2D eigenvalue weighted by Crippen LogP contribution is -2.13. The van der Waals surface area contributed by atoms with Gasteiger partial charge in [0.05, 0.1) is 0 Å². The Hall–Kier alpha value is -0.590. The van der Waals surface area contributed by atoms with Crippen LogP contribution < -0.4 is 0 Å². The molecule has 0 bridgehead atoms. The normalized spacial score (nSPS) is 20.4. The standard InChI is InChI=1S/C16H28O/c1-3-5-8-14(9-6-4-2)12-15-10-7-11-16(17)13-15/h12,15H,3-11,13H2,1-2H3. The molecule has 1 aliphatic carbocycles. The van der Waals surface area contributed by atoms with Gasteiger partial charge in [-0.05, 0) is 44.4 Å². The van der Waals surface area contributed by atoms with Crippen LogP contribution in [0.25, 0.3) is 0 Å². The Morgan fingerprint density at radius 1 is 1.24 bits per heavy atom. The zero-order chi connectivity index (χ0) is 12.5.